The Morgan fingerprint density at radius 1 is 1.25 bits per heavy atom. The van der Waals surface area contributed by atoms with Crippen LogP contribution in [0.4, 0.5) is 0 Å². The first kappa shape index (κ1) is 13.5. The lowest BCUT2D eigenvalue weighted by Crippen LogP contribution is -2.27. The summed E-state index contributed by atoms with van der Waals surface area (Å²) in [6.07, 6.45) is 0.449. The molecule has 90 valence electrons. The average Bonchev–Trinajstić information content (AvgIpc) is 2.17. The highest BCUT2D eigenvalue weighted by molar-refractivity contribution is 7.92. The predicted molar refractivity (Wildman–Crippen MR) is 66.4 cm³/mol. The van der Waals surface area contributed by atoms with E-state index < -0.39 is 15.1 Å². The Balaban J connectivity index is 2.97. The molecular formula is C11H16ClNO2S. The Kier molecular flexibility index (Phi) is 4.35. The van der Waals surface area contributed by atoms with E-state index >= 15 is 0 Å². The van der Waals surface area contributed by atoms with Gasteiger partial charge >= 0.3 is 0 Å². The molecule has 2 N–H and O–H groups in total. The molecule has 1 aromatic carbocycles. The van der Waals surface area contributed by atoms with E-state index in [2.05, 4.69) is 0 Å². The van der Waals surface area contributed by atoms with E-state index in [0.717, 1.165) is 0 Å². The summed E-state index contributed by atoms with van der Waals surface area (Å²) < 4.78 is 24.2. The van der Waals surface area contributed by atoms with Crippen molar-refractivity contribution in [1.29, 1.82) is 0 Å². The minimum Gasteiger partial charge on any atom is -0.328 e. The van der Waals surface area contributed by atoms with Crippen LogP contribution >= 0.6 is 11.6 Å². The second-order valence-corrected chi connectivity index (χ2v) is 6.83. The normalized spacial score (nSPS) is 15.8. The zero-order chi connectivity index (χ0) is 12.3. The van der Waals surface area contributed by atoms with Gasteiger partial charge in [-0.2, -0.15) is 0 Å². The lowest BCUT2D eigenvalue weighted by molar-refractivity contribution is 0.563. The largest absolute Gasteiger partial charge is 0.328 e. The van der Waals surface area contributed by atoms with Crippen molar-refractivity contribution >= 4 is 21.4 Å². The molecule has 0 aliphatic rings. The number of rotatable bonds is 4. The molecule has 3 nitrogen and oxygen atoms in total. The van der Waals surface area contributed by atoms with Gasteiger partial charge in [-0.05, 0) is 44.5 Å². The van der Waals surface area contributed by atoms with Crippen molar-refractivity contribution in [2.45, 2.75) is 36.5 Å². The van der Waals surface area contributed by atoms with Gasteiger partial charge in [0.2, 0.25) is 0 Å². The molecule has 0 amide bonds. The number of sulfone groups is 1. The summed E-state index contributed by atoms with van der Waals surface area (Å²) in [5.74, 6) is 0. The number of nitrogens with two attached hydrogens (primary N) is 1. The van der Waals surface area contributed by atoms with Crippen molar-refractivity contribution in [3.8, 4) is 0 Å². The molecule has 5 heteroatoms. The van der Waals surface area contributed by atoms with Gasteiger partial charge in [0.15, 0.2) is 9.84 Å². The van der Waals surface area contributed by atoms with Gasteiger partial charge in [0.05, 0.1) is 10.1 Å². The third kappa shape index (κ3) is 3.20. The first-order chi connectivity index (χ1) is 7.34. The molecule has 0 fully saturated rings. The van der Waals surface area contributed by atoms with Crippen LogP contribution in [0.15, 0.2) is 29.2 Å². The molecule has 0 aromatic heterocycles. The van der Waals surface area contributed by atoms with Crippen molar-refractivity contribution in [2.75, 3.05) is 0 Å². The second kappa shape index (κ2) is 5.17. The van der Waals surface area contributed by atoms with E-state index in [1.54, 1.807) is 26.0 Å². The Labute approximate surface area is 102 Å². The van der Waals surface area contributed by atoms with E-state index in [9.17, 15) is 8.42 Å². The van der Waals surface area contributed by atoms with Crippen LogP contribution in [0.5, 0.6) is 0 Å². The number of halogens is 1. The Hall–Kier alpha value is -0.580. The molecule has 1 aromatic rings. The highest BCUT2D eigenvalue weighted by Gasteiger charge is 2.23. The summed E-state index contributed by atoms with van der Waals surface area (Å²) in [4.78, 5) is 0.296. The lowest BCUT2D eigenvalue weighted by atomic mass is 10.2. The Morgan fingerprint density at radius 2 is 1.75 bits per heavy atom. The fourth-order valence-electron chi connectivity index (χ4n) is 1.51. The van der Waals surface area contributed by atoms with E-state index in [1.807, 2.05) is 0 Å². The van der Waals surface area contributed by atoms with Gasteiger partial charge in [-0.1, -0.05) is 11.6 Å². The van der Waals surface area contributed by atoms with Gasteiger partial charge < -0.3 is 5.73 Å². The molecule has 0 aliphatic carbocycles. The van der Waals surface area contributed by atoms with Crippen LogP contribution < -0.4 is 5.73 Å². The number of hydrogen-bond acceptors (Lipinski definition) is 3. The molecule has 16 heavy (non-hydrogen) atoms. The monoisotopic (exact) mass is 261 g/mol. The fraction of sp³-hybridized carbons (Fsp3) is 0.455. The summed E-state index contributed by atoms with van der Waals surface area (Å²) in [6.45, 7) is 3.47. The van der Waals surface area contributed by atoms with Crippen LogP contribution in [-0.2, 0) is 9.84 Å². The van der Waals surface area contributed by atoms with Gasteiger partial charge in [0.25, 0.3) is 0 Å². The van der Waals surface area contributed by atoms with Crippen LogP contribution in [0.1, 0.15) is 20.3 Å². The smallest absolute Gasteiger partial charge is 0.181 e. The summed E-state index contributed by atoms with van der Waals surface area (Å²) in [5.41, 5.74) is 5.61. The van der Waals surface area contributed by atoms with Gasteiger partial charge in [-0.25, -0.2) is 8.42 Å². The van der Waals surface area contributed by atoms with Crippen molar-refractivity contribution in [2.24, 2.45) is 5.73 Å². The van der Waals surface area contributed by atoms with Crippen molar-refractivity contribution in [1.82, 2.24) is 0 Å². The maximum absolute atomic E-state index is 12.1. The molecule has 0 bridgehead atoms. The molecule has 0 saturated carbocycles. The Bertz CT molecular complexity index is 440. The highest BCUT2D eigenvalue weighted by Crippen LogP contribution is 2.20. The van der Waals surface area contributed by atoms with Crippen molar-refractivity contribution < 1.29 is 8.42 Å². The summed E-state index contributed by atoms with van der Waals surface area (Å²) in [7, 11) is -3.29. The van der Waals surface area contributed by atoms with E-state index in [4.69, 9.17) is 17.3 Å². The quantitative estimate of drug-likeness (QED) is 0.904. The lowest BCUT2D eigenvalue weighted by Gasteiger charge is -2.15. The first-order valence-corrected chi connectivity index (χ1v) is 7.01. The molecule has 1 rings (SSSR count). The minimum atomic E-state index is -3.29. The number of benzene rings is 1. The fourth-order valence-corrected chi connectivity index (χ4v) is 3.17. The molecule has 2 atom stereocenters. The van der Waals surface area contributed by atoms with Crippen LogP contribution in [0.25, 0.3) is 0 Å². The molecule has 0 saturated heterocycles. The zero-order valence-corrected chi connectivity index (χ0v) is 10.9. The summed E-state index contributed by atoms with van der Waals surface area (Å²) in [6, 6.07) is 6.07. The average molecular weight is 262 g/mol. The van der Waals surface area contributed by atoms with E-state index in [0.29, 0.717) is 16.3 Å². The molecule has 0 spiro atoms. The van der Waals surface area contributed by atoms with Gasteiger partial charge in [-0.15, -0.1) is 0 Å². The standard InChI is InChI=1S/C11H16ClNO2S/c1-8(13)7-9(2)16(14,15)11-5-3-10(12)4-6-11/h3-6,8-9H,7,13H2,1-2H3. The van der Waals surface area contributed by atoms with E-state index in [1.165, 1.54) is 12.1 Å². The predicted octanol–water partition coefficient (Wildman–Crippen LogP) is 2.24. The van der Waals surface area contributed by atoms with Crippen LogP contribution in [0.3, 0.4) is 0 Å². The van der Waals surface area contributed by atoms with Gasteiger partial charge in [-0.3, -0.25) is 0 Å². The van der Waals surface area contributed by atoms with Crippen molar-refractivity contribution in [3.63, 3.8) is 0 Å². The zero-order valence-electron chi connectivity index (χ0n) is 9.35. The van der Waals surface area contributed by atoms with Crippen LogP contribution in [0, 0.1) is 0 Å². The SMILES string of the molecule is CC(N)CC(C)S(=O)(=O)c1ccc(Cl)cc1. The first-order valence-electron chi connectivity index (χ1n) is 5.09. The molecule has 0 radical (unpaired) electrons. The highest BCUT2D eigenvalue weighted by atomic mass is 35.5. The maximum atomic E-state index is 12.1. The maximum Gasteiger partial charge on any atom is 0.181 e. The third-order valence-electron chi connectivity index (χ3n) is 2.38. The second-order valence-electron chi connectivity index (χ2n) is 4.02. The van der Waals surface area contributed by atoms with Crippen LogP contribution in [-0.4, -0.2) is 19.7 Å². The Morgan fingerprint density at radius 3 is 2.19 bits per heavy atom. The summed E-state index contributed by atoms with van der Waals surface area (Å²) in [5, 5.41) is 0.0486. The molecule has 0 aliphatic heterocycles. The topological polar surface area (TPSA) is 60.2 Å². The molecule has 2 unspecified atom stereocenters. The van der Waals surface area contributed by atoms with Crippen LogP contribution in [0.2, 0.25) is 5.02 Å². The molecular weight excluding hydrogens is 246 g/mol. The van der Waals surface area contributed by atoms with Gasteiger partial charge in [0.1, 0.15) is 0 Å². The van der Waals surface area contributed by atoms with E-state index in [-0.39, 0.29) is 6.04 Å². The molecule has 0 heterocycles. The van der Waals surface area contributed by atoms with Crippen molar-refractivity contribution in [3.05, 3.63) is 29.3 Å². The summed E-state index contributed by atoms with van der Waals surface area (Å²) >= 11 is 5.71. The van der Waals surface area contributed by atoms with Gasteiger partial charge in [0, 0.05) is 11.1 Å². The number of hydrogen-bond donors (Lipinski definition) is 1. The minimum absolute atomic E-state index is 0.128. The third-order valence-corrected chi connectivity index (χ3v) is 4.81.